The van der Waals surface area contributed by atoms with E-state index in [9.17, 15) is 9.90 Å². The molecule has 0 aromatic carbocycles. The summed E-state index contributed by atoms with van der Waals surface area (Å²) >= 11 is 1.28. The average Bonchev–Trinajstić information content (AvgIpc) is 3.18. The Balaban J connectivity index is 1.80. The summed E-state index contributed by atoms with van der Waals surface area (Å²) < 4.78 is 4.15. The van der Waals surface area contributed by atoms with E-state index in [0.717, 1.165) is 43.8 Å². The van der Waals surface area contributed by atoms with Crippen molar-refractivity contribution in [3.05, 3.63) is 5.56 Å². The Kier molecular flexibility index (Phi) is 3.80. The molecule has 1 saturated heterocycles. The highest BCUT2D eigenvalue weighted by atomic mass is 32.1. The highest BCUT2D eigenvalue weighted by Gasteiger charge is 2.30. The lowest BCUT2D eigenvalue weighted by molar-refractivity contribution is 0.0952. The van der Waals surface area contributed by atoms with Gasteiger partial charge in [-0.2, -0.15) is 4.37 Å². The minimum atomic E-state index is -0.111. The van der Waals surface area contributed by atoms with Gasteiger partial charge >= 0.3 is 0 Å². The molecular formula is C13H20N4O2S. The third kappa shape index (κ3) is 2.73. The summed E-state index contributed by atoms with van der Waals surface area (Å²) in [6.07, 6.45) is 4.15. The van der Waals surface area contributed by atoms with Crippen molar-refractivity contribution in [3.8, 4) is 0 Å². The van der Waals surface area contributed by atoms with Gasteiger partial charge in [0.05, 0.1) is 0 Å². The Hall–Kier alpha value is -1.34. The van der Waals surface area contributed by atoms with E-state index in [1.807, 2.05) is 0 Å². The minimum absolute atomic E-state index is 0.111. The first-order valence-electron chi connectivity index (χ1n) is 7.11. The topological polar surface area (TPSA) is 91.5 Å². The van der Waals surface area contributed by atoms with Gasteiger partial charge in [-0.15, -0.1) is 0 Å². The number of hydrogen-bond acceptors (Lipinski definition) is 6. The molecule has 0 bridgehead atoms. The van der Waals surface area contributed by atoms with Crippen LogP contribution in [-0.4, -0.2) is 41.1 Å². The van der Waals surface area contributed by atoms with Crippen LogP contribution in [0.5, 0.6) is 0 Å². The van der Waals surface area contributed by atoms with Crippen molar-refractivity contribution < 1.29 is 9.90 Å². The Morgan fingerprint density at radius 3 is 3.00 bits per heavy atom. The Morgan fingerprint density at radius 2 is 2.30 bits per heavy atom. The van der Waals surface area contributed by atoms with Gasteiger partial charge in [-0.3, -0.25) is 4.79 Å². The second-order valence-corrected chi connectivity index (χ2v) is 6.38. The zero-order valence-corrected chi connectivity index (χ0v) is 12.2. The number of piperidine rings is 1. The van der Waals surface area contributed by atoms with Crippen LogP contribution < -0.4 is 16.0 Å². The van der Waals surface area contributed by atoms with Crippen LogP contribution in [0.15, 0.2) is 0 Å². The van der Waals surface area contributed by atoms with Crippen LogP contribution in [0.3, 0.4) is 0 Å². The van der Waals surface area contributed by atoms with Crippen LogP contribution in [0.2, 0.25) is 0 Å². The van der Waals surface area contributed by atoms with Gasteiger partial charge < -0.3 is 21.1 Å². The average molecular weight is 296 g/mol. The normalized spacial score (nSPS) is 22.9. The summed E-state index contributed by atoms with van der Waals surface area (Å²) in [6, 6.07) is 0.307. The number of hydrogen-bond donors (Lipinski definition) is 3. The van der Waals surface area contributed by atoms with Crippen molar-refractivity contribution in [1.82, 2.24) is 9.69 Å². The van der Waals surface area contributed by atoms with E-state index >= 15 is 0 Å². The molecule has 2 fully saturated rings. The lowest BCUT2D eigenvalue weighted by atomic mass is 9.99. The lowest BCUT2D eigenvalue weighted by Crippen LogP contribution is -2.38. The van der Waals surface area contributed by atoms with E-state index in [1.165, 1.54) is 11.5 Å². The maximum atomic E-state index is 12.3. The number of nitrogens with one attached hydrogen (secondary N) is 1. The van der Waals surface area contributed by atoms with Gasteiger partial charge in [0.15, 0.2) is 5.82 Å². The van der Waals surface area contributed by atoms with Gasteiger partial charge in [0.1, 0.15) is 10.6 Å². The first-order valence-corrected chi connectivity index (χ1v) is 7.88. The van der Waals surface area contributed by atoms with E-state index in [1.54, 1.807) is 0 Å². The first kappa shape index (κ1) is 13.6. The van der Waals surface area contributed by atoms with Crippen molar-refractivity contribution in [2.45, 2.75) is 31.7 Å². The standard InChI is InChI=1S/C13H20N4O2S/c14-11-10(12(19)15-9-3-4-9)13(20-16-11)17-5-1-2-8(6-17)7-18/h8-9,18H,1-7H2,(H2,14,16)(H,15,19). The molecule has 3 rings (SSSR count). The zero-order valence-electron chi connectivity index (χ0n) is 11.3. The molecule has 110 valence electrons. The summed E-state index contributed by atoms with van der Waals surface area (Å²) in [5.74, 6) is 0.473. The predicted octanol–water partition coefficient (Wildman–Crippen LogP) is 0.826. The quantitative estimate of drug-likeness (QED) is 0.765. The maximum absolute atomic E-state index is 12.3. The fraction of sp³-hybridized carbons (Fsp3) is 0.692. The molecule has 1 atom stereocenters. The molecule has 4 N–H and O–H groups in total. The van der Waals surface area contributed by atoms with Crippen molar-refractivity contribution in [2.24, 2.45) is 5.92 Å². The van der Waals surface area contributed by atoms with Crippen LogP contribution >= 0.6 is 11.5 Å². The van der Waals surface area contributed by atoms with Crippen molar-refractivity contribution in [1.29, 1.82) is 0 Å². The van der Waals surface area contributed by atoms with Crippen LogP contribution in [0.1, 0.15) is 36.0 Å². The van der Waals surface area contributed by atoms with Gasteiger partial charge in [-0.05, 0) is 43.1 Å². The summed E-state index contributed by atoms with van der Waals surface area (Å²) in [5.41, 5.74) is 6.39. The molecule has 0 radical (unpaired) electrons. The second kappa shape index (κ2) is 5.57. The number of aliphatic hydroxyl groups is 1. The number of amides is 1. The first-order chi connectivity index (χ1) is 9.69. The highest BCUT2D eigenvalue weighted by molar-refractivity contribution is 7.11. The minimum Gasteiger partial charge on any atom is -0.396 e. The van der Waals surface area contributed by atoms with E-state index in [0.29, 0.717) is 17.4 Å². The van der Waals surface area contributed by atoms with Gasteiger partial charge in [-0.1, -0.05) is 0 Å². The molecule has 1 saturated carbocycles. The lowest BCUT2D eigenvalue weighted by Gasteiger charge is -2.32. The van der Waals surface area contributed by atoms with E-state index < -0.39 is 0 Å². The van der Waals surface area contributed by atoms with Gasteiger partial charge in [-0.25, -0.2) is 0 Å². The van der Waals surface area contributed by atoms with E-state index in [4.69, 9.17) is 5.73 Å². The van der Waals surface area contributed by atoms with Crippen molar-refractivity contribution in [3.63, 3.8) is 0 Å². The SMILES string of the molecule is Nc1nsc(N2CCCC(CO)C2)c1C(=O)NC1CC1. The fourth-order valence-corrected chi connectivity index (χ4v) is 3.45. The number of aliphatic hydroxyl groups excluding tert-OH is 1. The fourth-order valence-electron chi connectivity index (χ4n) is 2.61. The number of aromatic nitrogens is 1. The Labute approximate surface area is 122 Å². The van der Waals surface area contributed by atoms with Crippen molar-refractivity contribution >= 4 is 28.3 Å². The highest BCUT2D eigenvalue weighted by Crippen LogP contribution is 2.34. The molecule has 1 amide bonds. The van der Waals surface area contributed by atoms with E-state index in [-0.39, 0.29) is 18.4 Å². The number of nitrogens with zero attached hydrogens (tertiary/aromatic N) is 2. The molecule has 1 unspecified atom stereocenters. The van der Waals surface area contributed by atoms with Gasteiger partial charge in [0.25, 0.3) is 5.91 Å². The third-order valence-electron chi connectivity index (χ3n) is 3.90. The summed E-state index contributed by atoms with van der Waals surface area (Å²) in [6.45, 7) is 1.85. The largest absolute Gasteiger partial charge is 0.396 e. The van der Waals surface area contributed by atoms with Crippen LogP contribution in [-0.2, 0) is 0 Å². The Bertz CT molecular complexity index is 501. The number of carbonyl (C=O) groups excluding carboxylic acids is 1. The molecule has 2 aliphatic rings. The Morgan fingerprint density at radius 1 is 1.50 bits per heavy atom. The second-order valence-electron chi connectivity index (χ2n) is 5.63. The molecule has 1 aromatic heterocycles. The summed E-state index contributed by atoms with van der Waals surface area (Å²) in [7, 11) is 0. The number of nitrogens with two attached hydrogens (primary N) is 1. The molecular weight excluding hydrogens is 276 g/mol. The monoisotopic (exact) mass is 296 g/mol. The zero-order chi connectivity index (χ0) is 14.1. The molecule has 1 aliphatic carbocycles. The third-order valence-corrected chi connectivity index (χ3v) is 4.83. The summed E-state index contributed by atoms with van der Waals surface area (Å²) in [5, 5.41) is 13.1. The maximum Gasteiger partial charge on any atom is 0.258 e. The molecule has 0 spiro atoms. The summed E-state index contributed by atoms with van der Waals surface area (Å²) in [4.78, 5) is 14.4. The number of rotatable bonds is 4. The van der Waals surface area contributed by atoms with Crippen LogP contribution in [0.25, 0.3) is 0 Å². The smallest absolute Gasteiger partial charge is 0.258 e. The van der Waals surface area contributed by atoms with Crippen LogP contribution in [0, 0.1) is 5.92 Å². The van der Waals surface area contributed by atoms with Crippen LogP contribution in [0.4, 0.5) is 10.8 Å². The number of anilines is 2. The predicted molar refractivity (Wildman–Crippen MR) is 79.0 cm³/mol. The number of nitrogen functional groups attached to an aromatic ring is 1. The number of carbonyl (C=O) groups is 1. The molecule has 2 heterocycles. The van der Waals surface area contributed by atoms with Gasteiger partial charge in [0.2, 0.25) is 0 Å². The van der Waals surface area contributed by atoms with Crippen molar-refractivity contribution in [2.75, 3.05) is 30.3 Å². The molecule has 6 nitrogen and oxygen atoms in total. The molecule has 7 heteroatoms. The molecule has 1 aromatic rings. The van der Waals surface area contributed by atoms with Gasteiger partial charge in [0, 0.05) is 25.7 Å². The molecule has 1 aliphatic heterocycles. The molecule has 20 heavy (non-hydrogen) atoms. The van der Waals surface area contributed by atoms with E-state index in [2.05, 4.69) is 14.6 Å².